The summed E-state index contributed by atoms with van der Waals surface area (Å²) in [4.78, 5) is 0. The summed E-state index contributed by atoms with van der Waals surface area (Å²) >= 11 is 0. The number of benzene rings is 2. The Labute approximate surface area is 142 Å². The van der Waals surface area contributed by atoms with Gasteiger partial charge in [0.2, 0.25) is 0 Å². The van der Waals surface area contributed by atoms with Crippen LogP contribution >= 0.6 is 0 Å². The first-order chi connectivity index (χ1) is 11.2. The molecule has 1 heterocycles. The van der Waals surface area contributed by atoms with Crippen LogP contribution in [-0.2, 0) is 5.60 Å². The van der Waals surface area contributed by atoms with Gasteiger partial charge in [-0.05, 0) is 23.8 Å². The van der Waals surface area contributed by atoms with Crippen molar-refractivity contribution in [2.45, 2.75) is 19.4 Å². The van der Waals surface area contributed by atoms with Crippen LogP contribution in [0.5, 0.6) is 0 Å². The predicted molar refractivity (Wildman–Crippen MR) is 79.3 cm³/mol. The molecule has 0 fully saturated rings. The van der Waals surface area contributed by atoms with E-state index >= 15 is 0 Å². The summed E-state index contributed by atoms with van der Waals surface area (Å²) in [5, 5.41) is 0. The number of carbonyl (C=O) groups excluding carboxylic acids is 1. The molecule has 5 nitrogen and oxygen atoms in total. The quantitative estimate of drug-likeness (QED) is 0.544. The highest BCUT2D eigenvalue weighted by atomic mass is 35.7. The molecule has 0 aliphatic carbocycles. The minimum atomic E-state index is -4.94. The number of halogens is 1. The van der Waals surface area contributed by atoms with Crippen molar-refractivity contribution in [2.24, 2.45) is 0 Å². The van der Waals surface area contributed by atoms with Crippen LogP contribution in [0, 0.1) is 10.2 Å². The largest absolute Gasteiger partial charge is 0.352 e. The summed E-state index contributed by atoms with van der Waals surface area (Å²) < 4.78 is 40.0. The molecule has 3 rings (SSSR count). The maximum Gasteiger partial charge on any atom is 0.352 e. The molecule has 1 aliphatic heterocycles. The summed E-state index contributed by atoms with van der Waals surface area (Å²) in [5.41, 5.74) is 3.38. The van der Waals surface area contributed by atoms with Crippen molar-refractivity contribution < 1.29 is 33.3 Å². The zero-order valence-electron chi connectivity index (χ0n) is 13.3. The second-order valence-electron chi connectivity index (χ2n) is 5.64. The molecule has 6 heteroatoms. The minimum absolute atomic E-state index is 0.243. The third-order valence-corrected chi connectivity index (χ3v) is 3.43. The Hall–Kier alpha value is -2.02. The third-order valence-electron chi connectivity index (χ3n) is 3.43. The van der Waals surface area contributed by atoms with Crippen molar-refractivity contribution in [2.75, 3.05) is 0 Å². The monoisotopic (exact) mass is 348 g/mol. The Kier molecular flexibility index (Phi) is 5.54. The first-order valence-electron chi connectivity index (χ1n) is 7.17. The van der Waals surface area contributed by atoms with Gasteiger partial charge in [-0.25, -0.2) is 23.1 Å². The van der Waals surface area contributed by atoms with Crippen molar-refractivity contribution in [1.29, 1.82) is 0 Å². The van der Waals surface area contributed by atoms with Crippen LogP contribution in [0.3, 0.4) is 0 Å². The maximum absolute atomic E-state index is 8.49. The molecule has 1 aliphatic rings. The van der Waals surface area contributed by atoms with Gasteiger partial charge in [-0.1, -0.05) is 42.5 Å². The molecule has 0 saturated carbocycles. The van der Waals surface area contributed by atoms with E-state index in [2.05, 4.69) is 62.4 Å². The lowest BCUT2D eigenvalue weighted by Crippen LogP contribution is -2.68. The fourth-order valence-electron chi connectivity index (χ4n) is 2.47. The van der Waals surface area contributed by atoms with Crippen LogP contribution in [0.1, 0.15) is 35.0 Å². The highest BCUT2D eigenvalue weighted by molar-refractivity contribution is 6.09. The van der Waals surface area contributed by atoms with Gasteiger partial charge in [0.25, 0.3) is 0 Å². The van der Waals surface area contributed by atoms with Crippen molar-refractivity contribution in [3.05, 3.63) is 77.4 Å². The van der Waals surface area contributed by atoms with Crippen LogP contribution in [0.2, 0.25) is 0 Å². The van der Waals surface area contributed by atoms with Gasteiger partial charge >= 0.3 is 11.4 Å². The van der Waals surface area contributed by atoms with Gasteiger partial charge in [0, 0.05) is 19.9 Å². The van der Waals surface area contributed by atoms with Gasteiger partial charge in [-0.15, -0.1) is 10.2 Å². The molecule has 2 aromatic rings. The Morgan fingerprint density at radius 1 is 0.833 bits per heavy atom. The Morgan fingerprint density at radius 2 is 1.38 bits per heavy atom. The van der Waals surface area contributed by atoms with Gasteiger partial charge in [0.15, 0.2) is 0 Å². The van der Waals surface area contributed by atoms with Crippen molar-refractivity contribution in [3.8, 4) is 0 Å². The summed E-state index contributed by atoms with van der Waals surface area (Å²) in [6, 6.07) is 18.7. The number of hydrogen-bond donors (Lipinski definition) is 0. The molecule has 2 aromatic carbocycles. The van der Waals surface area contributed by atoms with E-state index in [1.807, 2.05) is 18.2 Å². The molecule has 0 radical (unpaired) electrons. The maximum atomic E-state index is 8.49. The third kappa shape index (κ3) is 5.26. The smallest absolute Gasteiger partial charge is 0.244 e. The first-order valence-corrected chi connectivity index (χ1v) is 8.41. The van der Waals surface area contributed by atoms with E-state index in [0.29, 0.717) is 0 Å². The Morgan fingerprint density at radius 3 is 2.00 bits per heavy atom. The van der Waals surface area contributed by atoms with E-state index in [0.717, 1.165) is 5.78 Å². The minimum Gasteiger partial charge on any atom is -0.244 e. The number of hydrogen-bond acceptors (Lipinski definition) is 4. The molecular weight excluding hydrogens is 332 g/mol. The zero-order valence-corrected chi connectivity index (χ0v) is 14.0. The SMILES string of the molecule is CC1(C)[O+]=C(/C=C\c2ccccc2)c2ccccc21.[O-][Cl+3]([O-])([O-])[O-]. The lowest BCUT2D eigenvalue weighted by molar-refractivity contribution is -2.00. The Bertz CT molecular complexity index is 740. The van der Waals surface area contributed by atoms with Crippen molar-refractivity contribution >= 4 is 11.9 Å². The highest BCUT2D eigenvalue weighted by Crippen LogP contribution is 2.34. The molecule has 0 atom stereocenters. The van der Waals surface area contributed by atoms with E-state index in [1.54, 1.807) is 0 Å². The standard InChI is InChI=1S/C18H17O.ClHO4/c1-18(2)16-11-7-6-10-15(16)17(19-18)13-12-14-8-4-3-5-9-14;2-1(3,4)5/h3-13H,1-2H3;(H,2,3,4,5)/q+1;/p-1/b13-12-;. The molecular formula is C18H17ClO5. The number of ketones is 1. The average molecular weight is 349 g/mol. The van der Waals surface area contributed by atoms with E-state index in [4.69, 9.17) is 23.1 Å². The van der Waals surface area contributed by atoms with Crippen LogP contribution in [0.25, 0.3) is 6.08 Å². The average Bonchev–Trinajstić information content (AvgIpc) is 2.76. The van der Waals surface area contributed by atoms with E-state index in [-0.39, 0.29) is 5.60 Å². The lowest BCUT2D eigenvalue weighted by atomic mass is 9.94. The molecule has 0 amide bonds. The lowest BCUT2D eigenvalue weighted by Gasteiger charge is -2.17. The fraction of sp³-hybridized carbons (Fsp3) is 0.167. The van der Waals surface area contributed by atoms with Gasteiger partial charge in [-0.2, -0.15) is 0 Å². The van der Waals surface area contributed by atoms with Crippen molar-refractivity contribution in [1.82, 2.24) is 0 Å². The second kappa shape index (κ2) is 7.25. The van der Waals surface area contributed by atoms with Crippen LogP contribution in [0.4, 0.5) is 0 Å². The van der Waals surface area contributed by atoms with Gasteiger partial charge in [-0.3, -0.25) is 0 Å². The second-order valence-corrected chi connectivity index (χ2v) is 6.40. The molecule has 0 aromatic heterocycles. The first kappa shape index (κ1) is 18.3. The van der Waals surface area contributed by atoms with E-state index in [1.165, 1.54) is 16.7 Å². The van der Waals surface area contributed by atoms with E-state index < -0.39 is 10.2 Å². The number of fused-ring (bicyclic) bond motifs is 1. The van der Waals surface area contributed by atoms with Gasteiger partial charge in [0.05, 0.1) is 11.1 Å². The topological polar surface area (TPSA) is 104 Å². The summed E-state index contributed by atoms with van der Waals surface area (Å²) in [6.45, 7) is 4.21. The molecule has 126 valence electrons. The summed E-state index contributed by atoms with van der Waals surface area (Å²) in [6.07, 6.45) is 4.15. The molecule has 0 spiro atoms. The highest BCUT2D eigenvalue weighted by Gasteiger charge is 2.43. The number of allylic oxidation sites excluding steroid dienone is 1. The molecule has 24 heavy (non-hydrogen) atoms. The number of rotatable bonds is 2. The van der Waals surface area contributed by atoms with Gasteiger partial charge in [0.1, 0.15) is 0 Å². The van der Waals surface area contributed by atoms with Crippen LogP contribution in [0.15, 0.2) is 60.7 Å². The fourth-order valence-corrected chi connectivity index (χ4v) is 2.47. The van der Waals surface area contributed by atoms with Gasteiger partial charge < -0.3 is 0 Å². The van der Waals surface area contributed by atoms with Crippen molar-refractivity contribution in [3.63, 3.8) is 0 Å². The molecule has 0 bridgehead atoms. The molecule has 0 saturated heterocycles. The Balaban J connectivity index is 0.000000368. The molecule has 0 N–H and O–H groups in total. The predicted octanol–water partition coefficient (Wildman–Crippen LogP) is -0.389. The van der Waals surface area contributed by atoms with Crippen LogP contribution < -0.4 is 18.6 Å². The van der Waals surface area contributed by atoms with Crippen LogP contribution in [-0.4, -0.2) is 5.78 Å². The molecule has 0 unspecified atom stereocenters. The zero-order chi connectivity index (χ0) is 17.8. The van der Waals surface area contributed by atoms with E-state index in [9.17, 15) is 0 Å². The normalized spacial score (nSPS) is 15.5. The summed E-state index contributed by atoms with van der Waals surface area (Å²) in [7, 11) is -4.94. The summed E-state index contributed by atoms with van der Waals surface area (Å²) in [5.74, 6) is 0.949.